The second-order valence-electron chi connectivity index (χ2n) is 9.06. The predicted octanol–water partition coefficient (Wildman–Crippen LogP) is 4.98. The van der Waals surface area contributed by atoms with Gasteiger partial charge in [-0.15, -0.1) is 0 Å². The summed E-state index contributed by atoms with van der Waals surface area (Å²) in [5.74, 6) is 8.45. The second kappa shape index (κ2) is 8.55. The van der Waals surface area contributed by atoms with E-state index in [1.54, 1.807) is 0 Å². The molecule has 2 aliphatic carbocycles. The highest BCUT2D eigenvalue weighted by Crippen LogP contribution is 2.33. The van der Waals surface area contributed by atoms with Crippen molar-refractivity contribution in [2.75, 3.05) is 5.73 Å². The molecule has 2 heterocycles. The largest absolute Gasteiger partial charge is 0.383 e. The number of nitrogens with two attached hydrogens (primary N) is 1. The number of nitrogens with zero attached hydrogens (tertiary/aromatic N) is 3. The van der Waals surface area contributed by atoms with Gasteiger partial charge in [-0.05, 0) is 49.7 Å². The Hall–Kier alpha value is -3.13. The fraction of sp³-hybridized carbons (Fsp3) is 0.423. The molecule has 2 aliphatic rings. The zero-order chi connectivity index (χ0) is 21.2. The number of hydrogen-bond acceptors (Lipinski definition) is 4. The lowest BCUT2D eigenvalue weighted by molar-refractivity contribution is 0.0976. The number of carbonyl (C=O) groups is 1. The lowest BCUT2D eigenvalue weighted by Gasteiger charge is -2.22. The minimum atomic E-state index is 0.216. The van der Waals surface area contributed by atoms with Crippen LogP contribution < -0.4 is 5.73 Å². The lowest BCUT2D eigenvalue weighted by atomic mass is 9.89. The van der Waals surface area contributed by atoms with Crippen LogP contribution in [-0.4, -0.2) is 20.3 Å². The summed E-state index contributed by atoms with van der Waals surface area (Å²) >= 11 is 0. The van der Waals surface area contributed by atoms with Crippen molar-refractivity contribution in [1.29, 1.82) is 0 Å². The highest BCUT2D eigenvalue weighted by molar-refractivity contribution is 5.96. The van der Waals surface area contributed by atoms with Gasteiger partial charge in [0.1, 0.15) is 17.8 Å². The van der Waals surface area contributed by atoms with Gasteiger partial charge in [0.25, 0.3) is 0 Å². The van der Waals surface area contributed by atoms with E-state index in [0.29, 0.717) is 24.1 Å². The quantitative estimate of drug-likeness (QED) is 0.474. The molecule has 5 heteroatoms. The van der Waals surface area contributed by atoms with E-state index in [2.05, 4.69) is 32.6 Å². The van der Waals surface area contributed by atoms with Crippen molar-refractivity contribution < 1.29 is 4.79 Å². The van der Waals surface area contributed by atoms with Gasteiger partial charge < -0.3 is 10.3 Å². The van der Waals surface area contributed by atoms with E-state index in [0.717, 1.165) is 34.3 Å². The summed E-state index contributed by atoms with van der Waals surface area (Å²) < 4.78 is 2.20. The average molecular weight is 413 g/mol. The van der Waals surface area contributed by atoms with Crippen molar-refractivity contribution in [3.63, 3.8) is 0 Å². The number of hydrogen-bond donors (Lipinski definition) is 1. The number of carbonyl (C=O) groups excluding carboxylic acids is 1. The maximum Gasteiger partial charge on any atom is 0.163 e. The van der Waals surface area contributed by atoms with Crippen LogP contribution in [0, 0.1) is 23.7 Å². The normalized spacial score (nSPS) is 16.8. The van der Waals surface area contributed by atoms with E-state index in [9.17, 15) is 4.79 Å². The van der Waals surface area contributed by atoms with Crippen LogP contribution in [0.3, 0.4) is 0 Å². The SMILES string of the molecule is Nc1ncnc2c1c(C#Cc1cccc(C(=O)CC3CC3)c1)cn2CC1CCCCC1. The molecule has 2 saturated carbocycles. The zero-order valence-corrected chi connectivity index (χ0v) is 17.8. The van der Waals surface area contributed by atoms with Crippen molar-refractivity contribution in [2.45, 2.75) is 57.9 Å². The molecule has 2 aromatic heterocycles. The molecule has 0 saturated heterocycles. The van der Waals surface area contributed by atoms with Crippen LogP contribution in [-0.2, 0) is 6.54 Å². The standard InChI is InChI=1S/C26H28N4O/c27-25-24-22(12-11-18-7-4-8-21(13-18)23(31)14-19-9-10-19)16-30(26(24)29-17-28-25)15-20-5-2-1-3-6-20/h4,7-8,13,16-17,19-20H,1-3,5-6,9-10,14-15H2,(H2,27,28,29). The molecule has 158 valence electrons. The summed E-state index contributed by atoms with van der Waals surface area (Å²) in [6.07, 6.45) is 13.1. The van der Waals surface area contributed by atoms with Crippen LogP contribution in [0.4, 0.5) is 5.82 Å². The Morgan fingerprint density at radius 3 is 2.71 bits per heavy atom. The molecule has 0 amide bonds. The van der Waals surface area contributed by atoms with Crippen molar-refractivity contribution >= 4 is 22.6 Å². The Bertz CT molecular complexity index is 1170. The van der Waals surface area contributed by atoms with Gasteiger partial charge in [-0.2, -0.15) is 0 Å². The first kappa shape index (κ1) is 19.8. The van der Waals surface area contributed by atoms with E-state index >= 15 is 0 Å². The molecule has 5 rings (SSSR count). The Balaban J connectivity index is 1.44. The third-order valence-electron chi connectivity index (χ3n) is 6.56. The van der Waals surface area contributed by atoms with Gasteiger partial charge in [-0.1, -0.05) is 43.2 Å². The van der Waals surface area contributed by atoms with Gasteiger partial charge in [0.15, 0.2) is 5.78 Å². The maximum absolute atomic E-state index is 12.4. The minimum absolute atomic E-state index is 0.216. The monoisotopic (exact) mass is 412 g/mol. The van der Waals surface area contributed by atoms with Crippen LogP contribution in [0.25, 0.3) is 11.0 Å². The molecule has 2 N–H and O–H groups in total. The molecule has 0 aliphatic heterocycles. The van der Waals surface area contributed by atoms with Crippen LogP contribution in [0.2, 0.25) is 0 Å². The number of anilines is 1. The van der Waals surface area contributed by atoms with Crippen molar-refractivity contribution in [3.05, 3.63) is 53.5 Å². The Labute approximate surface area is 183 Å². The topological polar surface area (TPSA) is 73.8 Å². The number of nitrogen functional groups attached to an aromatic ring is 1. The van der Waals surface area contributed by atoms with Gasteiger partial charge in [-0.25, -0.2) is 9.97 Å². The smallest absolute Gasteiger partial charge is 0.163 e. The number of Topliss-reactive ketones (excluding diaryl/α,β-unsaturated/α-hetero) is 1. The molecule has 2 fully saturated rings. The first-order chi connectivity index (χ1) is 15.2. The number of rotatable bonds is 5. The van der Waals surface area contributed by atoms with Gasteiger partial charge in [0.05, 0.1) is 10.9 Å². The maximum atomic E-state index is 12.4. The third kappa shape index (κ3) is 4.49. The van der Waals surface area contributed by atoms with E-state index in [4.69, 9.17) is 5.73 Å². The summed E-state index contributed by atoms with van der Waals surface area (Å²) in [7, 11) is 0. The molecular weight excluding hydrogens is 384 g/mol. The molecule has 0 atom stereocenters. The van der Waals surface area contributed by atoms with E-state index in [1.807, 2.05) is 24.3 Å². The molecule has 0 spiro atoms. The molecule has 3 aromatic rings. The van der Waals surface area contributed by atoms with Crippen LogP contribution >= 0.6 is 0 Å². The molecule has 1 aromatic carbocycles. The van der Waals surface area contributed by atoms with Gasteiger partial charge in [-0.3, -0.25) is 4.79 Å². The molecule has 0 unspecified atom stereocenters. The Morgan fingerprint density at radius 2 is 1.90 bits per heavy atom. The minimum Gasteiger partial charge on any atom is -0.383 e. The predicted molar refractivity (Wildman–Crippen MR) is 123 cm³/mol. The average Bonchev–Trinajstić information content (AvgIpc) is 3.54. The second-order valence-corrected chi connectivity index (χ2v) is 9.06. The first-order valence-electron chi connectivity index (χ1n) is 11.4. The van der Waals surface area contributed by atoms with Gasteiger partial charge in [0, 0.05) is 30.3 Å². The van der Waals surface area contributed by atoms with Crippen molar-refractivity contribution in [1.82, 2.24) is 14.5 Å². The number of ketones is 1. The van der Waals surface area contributed by atoms with E-state index in [1.165, 1.54) is 51.3 Å². The Morgan fingerprint density at radius 1 is 1.06 bits per heavy atom. The first-order valence-corrected chi connectivity index (χ1v) is 11.4. The fourth-order valence-electron chi connectivity index (χ4n) is 4.64. The highest BCUT2D eigenvalue weighted by atomic mass is 16.1. The number of aromatic nitrogens is 3. The molecule has 5 nitrogen and oxygen atoms in total. The van der Waals surface area contributed by atoms with Gasteiger partial charge in [0.2, 0.25) is 0 Å². The summed E-state index contributed by atoms with van der Waals surface area (Å²) in [5.41, 5.74) is 9.50. The lowest BCUT2D eigenvalue weighted by Crippen LogP contribution is -2.13. The van der Waals surface area contributed by atoms with E-state index < -0.39 is 0 Å². The fourth-order valence-corrected chi connectivity index (χ4v) is 4.64. The zero-order valence-electron chi connectivity index (χ0n) is 17.8. The summed E-state index contributed by atoms with van der Waals surface area (Å²) in [4.78, 5) is 21.2. The van der Waals surface area contributed by atoms with Crippen LogP contribution in [0.1, 0.15) is 72.9 Å². The van der Waals surface area contributed by atoms with Crippen molar-refractivity contribution in [2.24, 2.45) is 11.8 Å². The number of benzene rings is 1. The summed E-state index contributed by atoms with van der Waals surface area (Å²) in [6.45, 7) is 0.944. The summed E-state index contributed by atoms with van der Waals surface area (Å²) in [5, 5.41) is 0.826. The van der Waals surface area contributed by atoms with E-state index in [-0.39, 0.29) is 5.78 Å². The van der Waals surface area contributed by atoms with Crippen molar-refractivity contribution in [3.8, 4) is 11.8 Å². The molecule has 31 heavy (non-hydrogen) atoms. The molecule has 0 radical (unpaired) electrons. The molecule has 0 bridgehead atoms. The number of fused-ring (bicyclic) bond motifs is 1. The van der Waals surface area contributed by atoms with Crippen LogP contribution in [0.15, 0.2) is 36.8 Å². The molecular formula is C26H28N4O. The Kier molecular flexibility index (Phi) is 5.46. The highest BCUT2D eigenvalue weighted by Gasteiger charge is 2.25. The van der Waals surface area contributed by atoms with Crippen LogP contribution in [0.5, 0.6) is 0 Å². The summed E-state index contributed by atoms with van der Waals surface area (Å²) in [6, 6.07) is 7.65. The third-order valence-corrected chi connectivity index (χ3v) is 6.56. The van der Waals surface area contributed by atoms with Gasteiger partial charge >= 0.3 is 0 Å².